The van der Waals surface area contributed by atoms with Crippen molar-refractivity contribution in [2.45, 2.75) is 52.6 Å². The van der Waals surface area contributed by atoms with Gasteiger partial charge in [0.1, 0.15) is 5.82 Å². The highest BCUT2D eigenvalue weighted by molar-refractivity contribution is 6.06. The average Bonchev–Trinajstić information content (AvgIpc) is 3.43. The molecule has 0 fully saturated rings. The lowest BCUT2D eigenvalue weighted by atomic mass is 10.1. The summed E-state index contributed by atoms with van der Waals surface area (Å²) in [6.07, 6.45) is 11.2. The van der Waals surface area contributed by atoms with Crippen molar-refractivity contribution in [3.63, 3.8) is 0 Å². The Morgan fingerprint density at radius 3 is 2.56 bits per heavy atom. The zero-order chi connectivity index (χ0) is 27.6. The van der Waals surface area contributed by atoms with E-state index in [0.29, 0.717) is 55.2 Å². The quantitative estimate of drug-likeness (QED) is 0.442. The number of rotatable bonds is 7. The smallest absolute Gasteiger partial charge is 0.259 e. The van der Waals surface area contributed by atoms with Crippen LogP contribution in [0.5, 0.6) is 0 Å². The van der Waals surface area contributed by atoms with Gasteiger partial charge in [-0.1, -0.05) is 13.8 Å². The monoisotopic (exact) mass is 534 g/mol. The van der Waals surface area contributed by atoms with Gasteiger partial charge in [-0.25, -0.2) is 9.37 Å². The standard InChI is InChI=1S/C30H39FN6O2/c1-24(2)21-34-14-5-16-36(29(38)8-4-13-35-18-12-33-23-35)22-26-19-27(31)9-10-28(26)37(17-6-15-34)30(39)25-7-3-11-32-20-25/h3,7,9-12,18-20,23-24H,4-6,8,13-17,21-22H2,1-2H3. The third-order valence-corrected chi connectivity index (χ3v) is 6.95. The van der Waals surface area contributed by atoms with Crippen molar-refractivity contribution in [1.82, 2.24) is 24.3 Å². The molecule has 0 atom stereocenters. The van der Waals surface area contributed by atoms with Crippen molar-refractivity contribution in [1.29, 1.82) is 0 Å². The van der Waals surface area contributed by atoms with E-state index in [9.17, 15) is 14.0 Å². The molecule has 0 bridgehead atoms. The van der Waals surface area contributed by atoms with Crippen molar-refractivity contribution >= 4 is 17.5 Å². The summed E-state index contributed by atoms with van der Waals surface area (Å²) >= 11 is 0. The van der Waals surface area contributed by atoms with Gasteiger partial charge in [-0.15, -0.1) is 0 Å². The number of pyridine rings is 1. The van der Waals surface area contributed by atoms with Gasteiger partial charge in [0.15, 0.2) is 0 Å². The fourth-order valence-electron chi connectivity index (χ4n) is 5.16. The molecule has 0 spiro atoms. The molecule has 1 aromatic carbocycles. The summed E-state index contributed by atoms with van der Waals surface area (Å²) in [5, 5.41) is 0. The number of carbonyl (C=O) groups excluding carboxylic acids is 2. The fourth-order valence-corrected chi connectivity index (χ4v) is 5.16. The topological polar surface area (TPSA) is 74.6 Å². The van der Waals surface area contributed by atoms with Gasteiger partial charge in [0, 0.05) is 69.6 Å². The Balaban J connectivity index is 1.62. The third kappa shape index (κ3) is 8.20. The highest BCUT2D eigenvalue weighted by atomic mass is 19.1. The minimum absolute atomic E-state index is 0.0305. The molecule has 208 valence electrons. The van der Waals surface area contributed by atoms with Gasteiger partial charge in [0.05, 0.1) is 11.9 Å². The average molecular weight is 535 g/mol. The van der Waals surface area contributed by atoms with Crippen LogP contribution in [0.3, 0.4) is 0 Å². The van der Waals surface area contributed by atoms with Crippen molar-refractivity contribution < 1.29 is 14.0 Å². The Morgan fingerprint density at radius 2 is 1.85 bits per heavy atom. The first-order valence-electron chi connectivity index (χ1n) is 13.9. The van der Waals surface area contributed by atoms with E-state index in [1.54, 1.807) is 48.0 Å². The van der Waals surface area contributed by atoms with Crippen molar-refractivity contribution in [3.05, 3.63) is 78.4 Å². The third-order valence-electron chi connectivity index (χ3n) is 6.95. The van der Waals surface area contributed by atoms with Gasteiger partial charge in [0.25, 0.3) is 5.91 Å². The normalized spacial score (nSPS) is 15.5. The molecule has 0 aliphatic carbocycles. The second kappa shape index (κ2) is 14.0. The molecule has 2 aromatic heterocycles. The van der Waals surface area contributed by atoms with Crippen LogP contribution in [0.4, 0.5) is 10.1 Å². The number of anilines is 1. The van der Waals surface area contributed by atoms with Gasteiger partial charge < -0.3 is 19.3 Å². The molecule has 0 saturated carbocycles. The summed E-state index contributed by atoms with van der Waals surface area (Å²) in [5.74, 6) is -0.0227. The Morgan fingerprint density at radius 1 is 1.03 bits per heavy atom. The first-order valence-corrected chi connectivity index (χ1v) is 13.9. The van der Waals surface area contributed by atoms with E-state index in [1.165, 1.54) is 12.1 Å². The minimum Gasteiger partial charge on any atom is -0.338 e. The second-order valence-electron chi connectivity index (χ2n) is 10.6. The molecular weight excluding hydrogens is 495 g/mol. The molecule has 39 heavy (non-hydrogen) atoms. The number of imidazole rings is 1. The predicted molar refractivity (Wildman–Crippen MR) is 150 cm³/mol. The molecule has 0 saturated heterocycles. The Kier molecular flexibility index (Phi) is 10.2. The predicted octanol–water partition coefficient (Wildman–Crippen LogP) is 4.62. The van der Waals surface area contributed by atoms with E-state index in [1.807, 2.05) is 15.7 Å². The van der Waals surface area contributed by atoms with Crippen LogP contribution in [0, 0.1) is 11.7 Å². The van der Waals surface area contributed by atoms with E-state index in [0.717, 1.165) is 32.5 Å². The van der Waals surface area contributed by atoms with Crippen LogP contribution in [0.15, 0.2) is 61.4 Å². The molecule has 1 aliphatic rings. The molecule has 9 heteroatoms. The number of fused-ring (bicyclic) bond motifs is 1. The summed E-state index contributed by atoms with van der Waals surface area (Å²) in [6, 6.07) is 8.00. The molecule has 3 aromatic rings. The van der Waals surface area contributed by atoms with E-state index in [4.69, 9.17) is 0 Å². The summed E-state index contributed by atoms with van der Waals surface area (Å²) in [7, 11) is 0. The van der Waals surface area contributed by atoms with Crippen LogP contribution in [0.1, 0.15) is 55.5 Å². The first-order chi connectivity index (χ1) is 18.9. The number of hydrogen-bond donors (Lipinski definition) is 0. The number of aryl methyl sites for hydroxylation is 1. The summed E-state index contributed by atoms with van der Waals surface area (Å²) < 4.78 is 16.5. The zero-order valence-electron chi connectivity index (χ0n) is 23.0. The number of aromatic nitrogens is 3. The van der Waals surface area contributed by atoms with Crippen LogP contribution in [-0.2, 0) is 17.9 Å². The van der Waals surface area contributed by atoms with E-state index in [-0.39, 0.29) is 24.2 Å². The number of halogens is 1. The van der Waals surface area contributed by atoms with Gasteiger partial charge in [-0.2, -0.15) is 0 Å². The molecule has 0 unspecified atom stereocenters. The molecule has 1 aliphatic heterocycles. The maximum atomic E-state index is 14.5. The molecule has 4 rings (SSSR count). The molecule has 3 heterocycles. The lowest BCUT2D eigenvalue weighted by Crippen LogP contribution is -2.39. The van der Waals surface area contributed by atoms with Gasteiger partial charge in [-0.05, 0) is 74.2 Å². The number of benzene rings is 1. The first kappa shape index (κ1) is 28.4. The zero-order valence-corrected chi connectivity index (χ0v) is 23.0. The SMILES string of the molecule is CC(C)CN1CCCN(C(=O)CCCn2ccnc2)Cc2cc(F)ccc2N(C(=O)c2cccnc2)CCC1. The molecule has 2 amide bonds. The van der Waals surface area contributed by atoms with E-state index < -0.39 is 0 Å². The second-order valence-corrected chi connectivity index (χ2v) is 10.6. The minimum atomic E-state index is -0.384. The van der Waals surface area contributed by atoms with Crippen LogP contribution < -0.4 is 4.90 Å². The molecule has 8 nitrogen and oxygen atoms in total. The lowest BCUT2D eigenvalue weighted by Gasteiger charge is -2.32. The van der Waals surface area contributed by atoms with E-state index in [2.05, 4.69) is 28.7 Å². The Labute approximate surface area is 230 Å². The number of nitrogens with zero attached hydrogens (tertiary/aromatic N) is 6. The summed E-state index contributed by atoms with van der Waals surface area (Å²) in [4.78, 5) is 41.3. The van der Waals surface area contributed by atoms with Crippen LogP contribution in [-0.4, -0.2) is 68.9 Å². The van der Waals surface area contributed by atoms with Gasteiger partial charge in [0.2, 0.25) is 5.91 Å². The number of carbonyl (C=O) groups is 2. The number of amides is 2. The van der Waals surface area contributed by atoms with E-state index >= 15 is 0 Å². The molecule has 0 radical (unpaired) electrons. The largest absolute Gasteiger partial charge is 0.338 e. The van der Waals surface area contributed by atoms with Crippen LogP contribution in [0.25, 0.3) is 0 Å². The Hall–Kier alpha value is -3.59. The maximum Gasteiger partial charge on any atom is 0.259 e. The van der Waals surface area contributed by atoms with Crippen molar-refractivity contribution in [3.8, 4) is 0 Å². The molecular formula is C30H39FN6O2. The number of hydrogen-bond acceptors (Lipinski definition) is 5. The fraction of sp³-hybridized carbons (Fsp3) is 0.467. The maximum absolute atomic E-state index is 14.5. The highest BCUT2D eigenvalue weighted by Gasteiger charge is 2.24. The van der Waals surface area contributed by atoms with Crippen LogP contribution >= 0.6 is 0 Å². The van der Waals surface area contributed by atoms with Crippen molar-refractivity contribution in [2.24, 2.45) is 5.92 Å². The Bertz CT molecular complexity index is 1200. The molecule has 0 N–H and O–H groups in total. The summed E-state index contributed by atoms with van der Waals surface area (Å²) in [6.45, 7) is 9.08. The van der Waals surface area contributed by atoms with Crippen LogP contribution in [0.2, 0.25) is 0 Å². The van der Waals surface area contributed by atoms with Gasteiger partial charge >= 0.3 is 0 Å². The van der Waals surface area contributed by atoms with Gasteiger partial charge in [-0.3, -0.25) is 14.6 Å². The highest BCUT2D eigenvalue weighted by Crippen LogP contribution is 2.27. The summed E-state index contributed by atoms with van der Waals surface area (Å²) in [5.41, 5.74) is 1.75. The van der Waals surface area contributed by atoms with Crippen molar-refractivity contribution in [2.75, 3.05) is 37.6 Å². The lowest BCUT2D eigenvalue weighted by molar-refractivity contribution is -0.132.